The van der Waals surface area contributed by atoms with Crippen molar-refractivity contribution in [3.63, 3.8) is 0 Å². The molecule has 0 amide bonds. The normalized spacial score (nSPS) is 11.5. The average Bonchev–Trinajstić information content (AvgIpc) is 3.76. The van der Waals surface area contributed by atoms with E-state index >= 15 is 0 Å². The molecule has 0 radical (unpaired) electrons. The second-order valence-electron chi connectivity index (χ2n) is 11.8. The number of rotatable bonds is 13. The third-order valence-corrected chi connectivity index (χ3v) is 9.35. The van der Waals surface area contributed by atoms with Crippen LogP contribution in [0.25, 0.3) is 22.0 Å². The van der Waals surface area contributed by atoms with E-state index in [0.29, 0.717) is 50.7 Å². The molecule has 0 unspecified atom stereocenters. The Morgan fingerprint density at radius 3 is 2.42 bits per heavy atom. The standard InChI is InChI=1S/C32H31BrClN9O4S.C2HF3O2/c1-42-19-22(17-39-42)21-15-37-32(38-16-21)47-24-13-20(12-23(35)14-24)6-4-3-5-11-46-28-8-7-27(40-30-26(33)18-36-31(34)41-30)29-25(28)9-10-43(29)48(2,44)45;3-2(4,5)1(6)7/h7-10,12-19H,3-6,11,35H2,1-2H3,(H,36,40,41);(H,6,7). The van der Waals surface area contributed by atoms with E-state index in [9.17, 15) is 21.6 Å². The molecule has 0 aliphatic carbocycles. The number of carboxylic acid groups (broad SMARTS) is 1. The highest BCUT2D eigenvalue weighted by Crippen LogP contribution is 2.36. The number of hydrogen-bond acceptors (Lipinski definition) is 12. The summed E-state index contributed by atoms with van der Waals surface area (Å²) in [4.78, 5) is 25.7. The Kier molecular flexibility index (Phi) is 12.8. The zero-order valence-corrected chi connectivity index (χ0v) is 32.1. The number of nitrogens with zero attached hydrogens (tertiary/aromatic N) is 7. The Morgan fingerprint density at radius 2 is 1.76 bits per heavy atom. The fraction of sp³-hybridized carbons (Fsp3) is 0.235. The number of aromatic nitrogens is 7. The van der Waals surface area contributed by atoms with Crippen LogP contribution >= 0.6 is 27.5 Å². The molecule has 0 saturated heterocycles. The number of nitrogen functional groups attached to an aromatic ring is 1. The van der Waals surface area contributed by atoms with Crippen molar-refractivity contribution in [2.45, 2.75) is 31.9 Å². The second-order valence-corrected chi connectivity index (χ2v) is 14.9. The Morgan fingerprint density at radius 1 is 1.04 bits per heavy atom. The molecule has 55 heavy (non-hydrogen) atoms. The zero-order chi connectivity index (χ0) is 39.9. The van der Waals surface area contributed by atoms with Gasteiger partial charge in [0.25, 0.3) is 0 Å². The lowest BCUT2D eigenvalue weighted by molar-refractivity contribution is -0.192. The van der Waals surface area contributed by atoms with Crippen molar-refractivity contribution in [1.29, 1.82) is 0 Å². The molecule has 0 spiro atoms. The summed E-state index contributed by atoms with van der Waals surface area (Å²) in [5, 5.41) is 15.2. The van der Waals surface area contributed by atoms with Gasteiger partial charge in [0, 0.05) is 66.3 Å². The van der Waals surface area contributed by atoms with Crippen LogP contribution in [-0.4, -0.2) is 72.2 Å². The molecule has 0 atom stereocenters. The minimum absolute atomic E-state index is 0.0535. The molecule has 290 valence electrons. The van der Waals surface area contributed by atoms with Gasteiger partial charge in [-0.05, 0) is 89.1 Å². The van der Waals surface area contributed by atoms with Crippen LogP contribution in [0.1, 0.15) is 24.8 Å². The highest BCUT2D eigenvalue weighted by Gasteiger charge is 2.38. The number of alkyl halides is 3. The van der Waals surface area contributed by atoms with Gasteiger partial charge in [0.1, 0.15) is 17.3 Å². The molecule has 2 aromatic carbocycles. The quantitative estimate of drug-likeness (QED) is 0.0590. The molecule has 0 aliphatic heterocycles. The van der Waals surface area contributed by atoms with Gasteiger partial charge in [-0.25, -0.2) is 32.1 Å². The Balaban J connectivity index is 0.000000757. The molecule has 4 N–H and O–H groups in total. The van der Waals surface area contributed by atoms with E-state index in [-0.39, 0.29) is 11.3 Å². The lowest BCUT2D eigenvalue weighted by Crippen LogP contribution is -2.21. The molecule has 4 aromatic heterocycles. The summed E-state index contributed by atoms with van der Waals surface area (Å²) >= 11 is 9.38. The maximum atomic E-state index is 12.6. The van der Waals surface area contributed by atoms with Gasteiger partial charge in [0.2, 0.25) is 15.3 Å². The summed E-state index contributed by atoms with van der Waals surface area (Å²) in [6, 6.07) is 11.1. The minimum Gasteiger partial charge on any atom is -0.493 e. The van der Waals surface area contributed by atoms with E-state index < -0.39 is 22.2 Å². The number of carbonyl (C=O) groups is 1. The van der Waals surface area contributed by atoms with Gasteiger partial charge < -0.3 is 25.6 Å². The Labute approximate surface area is 325 Å². The van der Waals surface area contributed by atoms with Crippen LogP contribution in [0.5, 0.6) is 17.5 Å². The fourth-order valence-electron chi connectivity index (χ4n) is 5.14. The topological polar surface area (TPSA) is 202 Å². The Hall–Kier alpha value is -5.47. The van der Waals surface area contributed by atoms with Crippen molar-refractivity contribution in [2.24, 2.45) is 7.05 Å². The molecule has 4 heterocycles. The van der Waals surface area contributed by atoms with E-state index in [2.05, 4.69) is 46.3 Å². The van der Waals surface area contributed by atoms with E-state index in [1.165, 1.54) is 16.4 Å². The first kappa shape index (κ1) is 40.7. The maximum absolute atomic E-state index is 12.6. The van der Waals surface area contributed by atoms with Gasteiger partial charge in [0.05, 0.1) is 34.7 Å². The van der Waals surface area contributed by atoms with Crippen molar-refractivity contribution in [3.8, 4) is 28.6 Å². The maximum Gasteiger partial charge on any atom is 0.490 e. The third-order valence-electron chi connectivity index (χ3n) is 7.57. The molecule has 0 bridgehead atoms. The highest BCUT2D eigenvalue weighted by atomic mass is 79.9. The summed E-state index contributed by atoms with van der Waals surface area (Å²) in [7, 11) is -1.75. The summed E-state index contributed by atoms with van der Waals surface area (Å²) in [6.07, 6.45) is 9.52. The van der Waals surface area contributed by atoms with E-state index in [1.54, 1.807) is 47.5 Å². The number of unbranched alkanes of at least 4 members (excludes halogenated alkanes) is 2. The van der Waals surface area contributed by atoms with Crippen LogP contribution in [0.2, 0.25) is 5.28 Å². The second kappa shape index (κ2) is 17.3. The lowest BCUT2D eigenvalue weighted by Gasteiger charge is -2.14. The number of nitrogens with two attached hydrogens (primary N) is 1. The van der Waals surface area contributed by atoms with Crippen LogP contribution in [0.3, 0.4) is 0 Å². The first-order valence-corrected chi connectivity index (χ1v) is 19.1. The van der Waals surface area contributed by atoms with E-state index in [4.69, 9.17) is 36.7 Å². The number of aliphatic carboxylic acids is 1. The smallest absolute Gasteiger partial charge is 0.490 e. The van der Waals surface area contributed by atoms with Gasteiger partial charge in [-0.15, -0.1) is 0 Å². The molecule has 6 rings (SSSR count). The SMILES string of the molecule is Cn1cc(-c2cnc(Oc3cc(N)cc(CCCCCOc4ccc(Nc5nc(Cl)ncc5Br)c5c4ccn5S(C)(=O)=O)c3)nc2)cn1.O=C(O)C(F)(F)F. The first-order valence-electron chi connectivity index (χ1n) is 16.1. The zero-order valence-electron chi connectivity index (χ0n) is 29.0. The molecule has 15 nitrogen and oxygen atoms in total. The third kappa shape index (κ3) is 11.0. The fourth-order valence-corrected chi connectivity index (χ4v) is 6.38. The van der Waals surface area contributed by atoms with Crippen LogP contribution in [0.15, 0.2) is 78.1 Å². The summed E-state index contributed by atoms with van der Waals surface area (Å²) < 4.78 is 72.5. The number of anilines is 3. The van der Waals surface area contributed by atoms with Crippen molar-refractivity contribution in [3.05, 3.63) is 88.9 Å². The predicted octanol–water partition coefficient (Wildman–Crippen LogP) is 7.39. The van der Waals surface area contributed by atoms with E-state index in [0.717, 1.165) is 48.6 Å². The van der Waals surface area contributed by atoms with Gasteiger partial charge in [-0.1, -0.05) is 0 Å². The lowest BCUT2D eigenvalue weighted by atomic mass is 10.1. The Bertz CT molecular complexity index is 2410. The number of carboxylic acids is 1. The number of benzene rings is 2. The van der Waals surface area contributed by atoms with Crippen molar-refractivity contribution < 1.29 is 41.0 Å². The summed E-state index contributed by atoms with van der Waals surface area (Å²) in [5.41, 5.74) is 10.5. The number of hydrogen-bond donors (Lipinski definition) is 3. The largest absolute Gasteiger partial charge is 0.493 e. The molecule has 0 fully saturated rings. The average molecular weight is 867 g/mol. The minimum atomic E-state index is -5.08. The molecule has 6 aromatic rings. The molecular weight excluding hydrogens is 835 g/mol. The number of aryl methyl sites for hydroxylation is 2. The van der Waals surface area contributed by atoms with Crippen LogP contribution < -0.4 is 20.5 Å². The van der Waals surface area contributed by atoms with Crippen molar-refractivity contribution in [2.75, 3.05) is 23.9 Å². The predicted molar refractivity (Wildman–Crippen MR) is 202 cm³/mol. The summed E-state index contributed by atoms with van der Waals surface area (Å²) in [6.45, 7) is 0.455. The molecule has 21 heteroatoms. The van der Waals surface area contributed by atoms with E-state index in [1.807, 2.05) is 25.4 Å². The molecular formula is C34H32BrClF3N9O6S. The van der Waals surface area contributed by atoms with Crippen LogP contribution in [0, 0.1) is 0 Å². The van der Waals surface area contributed by atoms with Gasteiger partial charge in [-0.3, -0.25) is 4.68 Å². The van der Waals surface area contributed by atoms with Crippen LogP contribution in [0.4, 0.5) is 30.4 Å². The highest BCUT2D eigenvalue weighted by molar-refractivity contribution is 9.10. The number of ether oxygens (including phenoxy) is 2. The van der Waals surface area contributed by atoms with Gasteiger partial charge in [0.15, 0.2) is 0 Å². The number of fused-ring (bicyclic) bond motifs is 1. The van der Waals surface area contributed by atoms with Gasteiger partial charge in [-0.2, -0.15) is 23.3 Å². The first-order chi connectivity index (χ1) is 26.0. The van der Waals surface area contributed by atoms with Crippen molar-refractivity contribution in [1.82, 2.24) is 33.7 Å². The number of nitrogens with one attached hydrogen (secondary N) is 1. The van der Waals surface area contributed by atoms with Crippen molar-refractivity contribution >= 4 is 71.6 Å². The van der Waals surface area contributed by atoms with Gasteiger partial charge >= 0.3 is 18.2 Å². The molecule has 0 saturated carbocycles. The molecule has 0 aliphatic rings. The van der Waals surface area contributed by atoms with Crippen LogP contribution in [-0.2, 0) is 28.3 Å². The monoisotopic (exact) mass is 865 g/mol. The number of halogens is 5. The summed E-state index contributed by atoms with van der Waals surface area (Å²) in [5.74, 6) is -1.21.